The van der Waals surface area contributed by atoms with Gasteiger partial charge in [0.15, 0.2) is 0 Å². The lowest BCUT2D eigenvalue weighted by atomic mass is 10.1. The number of hydrogen-bond acceptors (Lipinski definition) is 3. The first-order valence-corrected chi connectivity index (χ1v) is 8.45. The second kappa shape index (κ2) is 7.38. The summed E-state index contributed by atoms with van der Waals surface area (Å²) < 4.78 is 8.11. The molecular formula is C20H23N3O2. The average Bonchev–Trinajstić information content (AvgIpc) is 2.97. The zero-order valence-corrected chi connectivity index (χ0v) is 14.8. The molecule has 0 spiro atoms. The molecule has 0 aliphatic carbocycles. The summed E-state index contributed by atoms with van der Waals surface area (Å²) in [4.78, 5) is 15.5. The number of amides is 1. The maximum atomic E-state index is 10.8. The molecule has 0 aliphatic rings. The molecule has 3 aromatic rings. The quantitative estimate of drug-likeness (QED) is 0.671. The maximum Gasteiger partial charge on any atom is 0.207 e. The minimum Gasteiger partial charge on any atom is -0.491 e. The van der Waals surface area contributed by atoms with E-state index in [-0.39, 0.29) is 6.04 Å². The van der Waals surface area contributed by atoms with Crippen LogP contribution < -0.4 is 10.1 Å². The first-order valence-electron chi connectivity index (χ1n) is 8.45. The Labute approximate surface area is 147 Å². The SMILES string of the molecule is Cc1ccc(C)c(OCCn2c([C@@H](C)NC=O)nc3ccccc32)c1. The monoisotopic (exact) mass is 337 g/mol. The van der Waals surface area contributed by atoms with Crippen molar-refractivity contribution in [1.29, 1.82) is 0 Å². The van der Waals surface area contributed by atoms with Crippen LogP contribution in [0.15, 0.2) is 42.5 Å². The molecule has 0 fully saturated rings. The molecule has 2 aromatic carbocycles. The predicted molar refractivity (Wildman–Crippen MR) is 98.8 cm³/mol. The molecule has 1 aromatic heterocycles. The summed E-state index contributed by atoms with van der Waals surface area (Å²) in [5.41, 5.74) is 4.26. The number of carbonyl (C=O) groups excluding carboxylic acids is 1. The lowest BCUT2D eigenvalue weighted by Crippen LogP contribution is -2.22. The number of aromatic nitrogens is 2. The van der Waals surface area contributed by atoms with E-state index in [0.29, 0.717) is 19.6 Å². The predicted octanol–water partition coefficient (Wildman–Crippen LogP) is 3.54. The lowest BCUT2D eigenvalue weighted by Gasteiger charge is -2.15. The van der Waals surface area contributed by atoms with Crippen LogP contribution in [0.3, 0.4) is 0 Å². The first kappa shape index (κ1) is 17.0. The van der Waals surface area contributed by atoms with Gasteiger partial charge >= 0.3 is 0 Å². The van der Waals surface area contributed by atoms with Gasteiger partial charge in [0.25, 0.3) is 0 Å². The fourth-order valence-electron chi connectivity index (χ4n) is 2.95. The van der Waals surface area contributed by atoms with Crippen LogP contribution in [0, 0.1) is 13.8 Å². The summed E-state index contributed by atoms with van der Waals surface area (Å²) in [7, 11) is 0. The normalized spacial score (nSPS) is 12.1. The van der Waals surface area contributed by atoms with Gasteiger partial charge in [-0.2, -0.15) is 0 Å². The van der Waals surface area contributed by atoms with Gasteiger partial charge in [-0.1, -0.05) is 24.3 Å². The van der Waals surface area contributed by atoms with E-state index < -0.39 is 0 Å². The van der Waals surface area contributed by atoms with Crippen molar-refractivity contribution in [3.63, 3.8) is 0 Å². The van der Waals surface area contributed by atoms with E-state index in [0.717, 1.165) is 28.2 Å². The molecule has 0 saturated heterocycles. The Bertz CT molecular complexity index is 886. The highest BCUT2D eigenvalue weighted by atomic mass is 16.5. The van der Waals surface area contributed by atoms with Gasteiger partial charge < -0.3 is 14.6 Å². The Morgan fingerprint density at radius 2 is 2.04 bits per heavy atom. The van der Waals surface area contributed by atoms with Crippen molar-refractivity contribution in [2.45, 2.75) is 33.4 Å². The number of hydrogen-bond donors (Lipinski definition) is 1. The van der Waals surface area contributed by atoms with Crippen LogP contribution in [0.2, 0.25) is 0 Å². The first-order chi connectivity index (χ1) is 12.1. The standard InChI is InChI=1S/C20H23N3O2/c1-14-8-9-15(2)19(12-14)25-11-10-23-18-7-5-4-6-17(18)22-20(23)16(3)21-13-24/h4-9,12-13,16H,10-11H2,1-3H3,(H,21,24)/t16-/m1/s1. The summed E-state index contributed by atoms with van der Waals surface area (Å²) in [6.07, 6.45) is 0.709. The van der Waals surface area contributed by atoms with E-state index in [2.05, 4.69) is 40.0 Å². The highest BCUT2D eigenvalue weighted by Crippen LogP contribution is 2.22. The Morgan fingerprint density at radius 3 is 2.84 bits per heavy atom. The van der Waals surface area contributed by atoms with Gasteiger partial charge in [0.2, 0.25) is 6.41 Å². The molecule has 0 aliphatic heterocycles. The van der Waals surface area contributed by atoms with E-state index in [9.17, 15) is 4.79 Å². The number of imidazole rings is 1. The summed E-state index contributed by atoms with van der Waals surface area (Å²) >= 11 is 0. The van der Waals surface area contributed by atoms with Crippen LogP contribution in [0.1, 0.15) is 29.9 Å². The second-order valence-electron chi connectivity index (χ2n) is 6.23. The molecule has 5 nitrogen and oxygen atoms in total. The van der Waals surface area contributed by atoms with Gasteiger partial charge in [-0.3, -0.25) is 4.79 Å². The number of aryl methyl sites for hydroxylation is 2. The largest absolute Gasteiger partial charge is 0.491 e. The van der Waals surface area contributed by atoms with Gasteiger partial charge in [0.1, 0.15) is 18.2 Å². The molecule has 1 N–H and O–H groups in total. The molecule has 0 radical (unpaired) electrons. The van der Waals surface area contributed by atoms with Crippen LogP contribution >= 0.6 is 0 Å². The fraction of sp³-hybridized carbons (Fsp3) is 0.300. The van der Waals surface area contributed by atoms with E-state index in [1.807, 2.05) is 38.1 Å². The lowest BCUT2D eigenvalue weighted by molar-refractivity contribution is -0.110. The minimum absolute atomic E-state index is 0.161. The molecule has 5 heteroatoms. The van der Waals surface area contributed by atoms with Gasteiger partial charge in [0, 0.05) is 0 Å². The van der Waals surface area contributed by atoms with Crippen molar-refractivity contribution in [3.05, 3.63) is 59.4 Å². The van der Waals surface area contributed by atoms with E-state index in [1.54, 1.807) is 0 Å². The van der Waals surface area contributed by atoms with Crippen molar-refractivity contribution in [2.75, 3.05) is 6.61 Å². The van der Waals surface area contributed by atoms with Crippen molar-refractivity contribution in [2.24, 2.45) is 0 Å². The number of para-hydroxylation sites is 2. The molecule has 25 heavy (non-hydrogen) atoms. The third-order valence-electron chi connectivity index (χ3n) is 4.31. The molecule has 0 bridgehead atoms. The number of ether oxygens (including phenoxy) is 1. The average molecular weight is 337 g/mol. The third kappa shape index (κ3) is 3.65. The van der Waals surface area contributed by atoms with Crippen LogP contribution in [0.25, 0.3) is 11.0 Å². The molecule has 3 rings (SSSR count). The highest BCUT2D eigenvalue weighted by Gasteiger charge is 2.16. The van der Waals surface area contributed by atoms with Crippen molar-refractivity contribution < 1.29 is 9.53 Å². The van der Waals surface area contributed by atoms with E-state index >= 15 is 0 Å². The number of benzene rings is 2. The minimum atomic E-state index is -0.161. The van der Waals surface area contributed by atoms with Gasteiger partial charge in [-0.25, -0.2) is 4.98 Å². The summed E-state index contributed by atoms with van der Waals surface area (Å²) in [6, 6.07) is 14.0. The maximum absolute atomic E-state index is 10.8. The van der Waals surface area contributed by atoms with E-state index in [1.165, 1.54) is 5.56 Å². The highest BCUT2D eigenvalue weighted by molar-refractivity contribution is 5.76. The molecular weight excluding hydrogens is 314 g/mol. The van der Waals surface area contributed by atoms with Crippen LogP contribution in [0.4, 0.5) is 0 Å². The van der Waals surface area contributed by atoms with Gasteiger partial charge in [-0.05, 0) is 50.1 Å². The number of carbonyl (C=O) groups is 1. The Kier molecular flexibility index (Phi) is 5.03. The summed E-state index contributed by atoms with van der Waals surface area (Å²) in [6.45, 7) is 7.22. The van der Waals surface area contributed by atoms with Crippen molar-refractivity contribution >= 4 is 17.4 Å². The Morgan fingerprint density at radius 1 is 1.24 bits per heavy atom. The number of rotatable bonds is 7. The summed E-state index contributed by atoms with van der Waals surface area (Å²) in [5.74, 6) is 1.74. The fourth-order valence-corrected chi connectivity index (χ4v) is 2.95. The summed E-state index contributed by atoms with van der Waals surface area (Å²) in [5, 5.41) is 2.78. The number of fused-ring (bicyclic) bond motifs is 1. The smallest absolute Gasteiger partial charge is 0.207 e. The van der Waals surface area contributed by atoms with Gasteiger partial charge in [-0.15, -0.1) is 0 Å². The Hall–Kier alpha value is -2.82. The van der Waals surface area contributed by atoms with Crippen LogP contribution in [-0.4, -0.2) is 22.6 Å². The van der Waals surface area contributed by atoms with E-state index in [4.69, 9.17) is 4.74 Å². The Balaban J connectivity index is 1.83. The molecule has 0 unspecified atom stereocenters. The third-order valence-corrected chi connectivity index (χ3v) is 4.31. The van der Waals surface area contributed by atoms with Crippen LogP contribution in [-0.2, 0) is 11.3 Å². The van der Waals surface area contributed by atoms with Gasteiger partial charge in [0.05, 0.1) is 23.6 Å². The number of nitrogens with zero attached hydrogens (tertiary/aromatic N) is 2. The van der Waals surface area contributed by atoms with Crippen LogP contribution in [0.5, 0.6) is 5.75 Å². The molecule has 1 amide bonds. The topological polar surface area (TPSA) is 56.1 Å². The molecule has 0 saturated carbocycles. The molecule has 130 valence electrons. The zero-order chi connectivity index (χ0) is 17.8. The molecule has 1 atom stereocenters. The van der Waals surface area contributed by atoms with Crippen molar-refractivity contribution in [1.82, 2.24) is 14.9 Å². The number of nitrogens with one attached hydrogen (secondary N) is 1. The molecule has 1 heterocycles. The zero-order valence-electron chi connectivity index (χ0n) is 14.8. The second-order valence-corrected chi connectivity index (χ2v) is 6.23. The van der Waals surface area contributed by atoms with Crippen molar-refractivity contribution in [3.8, 4) is 5.75 Å².